The number of thiol groups is 1. The average molecular weight is 655 g/mol. The Labute approximate surface area is 272 Å². The molecule has 238 valence electrons. The molecule has 1 fully saturated rings. The summed E-state index contributed by atoms with van der Waals surface area (Å²) in [6.45, 7) is 0.0649. The minimum atomic E-state index is -0.861. The van der Waals surface area contributed by atoms with Gasteiger partial charge < -0.3 is 24.2 Å². The van der Waals surface area contributed by atoms with E-state index in [-0.39, 0.29) is 41.4 Å². The van der Waals surface area contributed by atoms with Crippen molar-refractivity contribution in [3.05, 3.63) is 112 Å². The molecular weight excluding hydrogens is 628 g/mol. The second-order valence-electron chi connectivity index (χ2n) is 10.5. The molecule has 0 aliphatic carbocycles. The van der Waals surface area contributed by atoms with Gasteiger partial charge in [0.2, 0.25) is 11.8 Å². The van der Waals surface area contributed by atoms with Crippen LogP contribution < -0.4 is 10.6 Å². The largest absolute Gasteiger partial charge is 0.459 e. The predicted octanol–water partition coefficient (Wildman–Crippen LogP) is 5.81. The van der Waals surface area contributed by atoms with Crippen LogP contribution in [0.2, 0.25) is 0 Å². The summed E-state index contributed by atoms with van der Waals surface area (Å²) in [5.41, 5.74) is 2.18. The first-order valence-corrected chi connectivity index (χ1v) is 14.8. The van der Waals surface area contributed by atoms with E-state index in [1.54, 1.807) is 54.6 Å². The molecule has 1 aliphatic rings. The highest BCUT2D eigenvalue weighted by Crippen LogP contribution is 2.27. The van der Waals surface area contributed by atoms with Crippen LogP contribution in [0.1, 0.15) is 22.3 Å². The third kappa shape index (κ3) is 7.31. The van der Waals surface area contributed by atoms with Crippen LogP contribution in [0.4, 0.5) is 21.9 Å². The van der Waals surface area contributed by atoms with Crippen molar-refractivity contribution in [1.29, 1.82) is 0 Å². The van der Waals surface area contributed by atoms with Crippen LogP contribution >= 0.6 is 12.6 Å². The molecule has 3 amide bonds. The van der Waals surface area contributed by atoms with Crippen LogP contribution in [0.15, 0.2) is 100 Å². The van der Waals surface area contributed by atoms with Gasteiger partial charge in [-0.15, -0.1) is 10.2 Å². The Morgan fingerprint density at radius 2 is 1.70 bits per heavy atom. The van der Waals surface area contributed by atoms with E-state index in [1.807, 2.05) is 0 Å². The summed E-state index contributed by atoms with van der Waals surface area (Å²) in [5.74, 6) is 0.0196. The Bertz CT molecular complexity index is 1930. The van der Waals surface area contributed by atoms with Crippen LogP contribution in [0, 0.1) is 10.1 Å². The van der Waals surface area contributed by atoms with Gasteiger partial charge in [0.25, 0.3) is 17.5 Å². The molecule has 0 unspecified atom stereocenters. The topological polar surface area (TPSA) is 183 Å². The van der Waals surface area contributed by atoms with Gasteiger partial charge >= 0.3 is 6.09 Å². The van der Waals surface area contributed by atoms with Gasteiger partial charge in [-0.05, 0) is 72.6 Å². The number of carbonyl (C=O) groups is 3. The summed E-state index contributed by atoms with van der Waals surface area (Å²) < 4.78 is 16.4. The molecule has 2 N–H and O–H groups in total. The fourth-order valence-electron chi connectivity index (χ4n) is 4.94. The maximum absolute atomic E-state index is 13.3. The van der Waals surface area contributed by atoms with Crippen molar-refractivity contribution in [3.63, 3.8) is 0 Å². The number of non-ortho nitro benzene ring substituents is 1. The third-order valence-electron chi connectivity index (χ3n) is 7.24. The molecule has 0 spiro atoms. The number of aromatic nitrogens is 2. The number of nitro groups is 1. The van der Waals surface area contributed by atoms with E-state index in [1.165, 1.54) is 41.5 Å². The Balaban J connectivity index is 1.07. The summed E-state index contributed by atoms with van der Waals surface area (Å²) >= 11 is 4.47. The molecule has 3 aromatic carbocycles. The van der Waals surface area contributed by atoms with E-state index in [9.17, 15) is 24.5 Å². The summed E-state index contributed by atoms with van der Waals surface area (Å²) in [5, 5.41) is 24.3. The second kappa shape index (κ2) is 13.6. The molecule has 2 aromatic heterocycles. The van der Waals surface area contributed by atoms with Gasteiger partial charge in [0.1, 0.15) is 12.6 Å². The lowest BCUT2D eigenvalue weighted by Gasteiger charge is -2.23. The zero-order valence-electron chi connectivity index (χ0n) is 24.4. The van der Waals surface area contributed by atoms with E-state index in [0.29, 0.717) is 34.7 Å². The molecule has 2 atom stereocenters. The quantitative estimate of drug-likeness (QED) is 0.0997. The number of hydrogen-bond donors (Lipinski definition) is 3. The van der Waals surface area contributed by atoms with Gasteiger partial charge in [-0.3, -0.25) is 24.6 Å². The van der Waals surface area contributed by atoms with Gasteiger partial charge in [-0.2, -0.15) is 12.6 Å². The number of carbonyl (C=O) groups excluding carboxylic acids is 3. The molecule has 14 nitrogen and oxygen atoms in total. The number of rotatable bonds is 9. The summed E-state index contributed by atoms with van der Waals surface area (Å²) in [7, 11) is 0. The van der Waals surface area contributed by atoms with Crippen LogP contribution in [0.3, 0.4) is 0 Å². The van der Waals surface area contributed by atoms with E-state index in [0.717, 1.165) is 0 Å². The number of benzene rings is 3. The number of anilines is 2. The highest BCUT2D eigenvalue weighted by Gasteiger charge is 2.39. The van der Waals surface area contributed by atoms with Gasteiger partial charge in [0, 0.05) is 46.4 Å². The fourth-order valence-corrected chi connectivity index (χ4v) is 5.32. The van der Waals surface area contributed by atoms with Crippen LogP contribution in [-0.4, -0.2) is 55.8 Å². The van der Waals surface area contributed by atoms with Crippen molar-refractivity contribution in [2.45, 2.75) is 24.3 Å². The number of likely N-dealkylation sites (tertiary alicyclic amines) is 1. The Morgan fingerprint density at radius 3 is 2.45 bits per heavy atom. The van der Waals surface area contributed by atoms with Gasteiger partial charge in [-0.25, -0.2) is 4.79 Å². The van der Waals surface area contributed by atoms with E-state index in [4.69, 9.17) is 13.6 Å². The lowest BCUT2D eigenvalue weighted by Crippen LogP contribution is -2.43. The Morgan fingerprint density at radius 1 is 0.957 bits per heavy atom. The van der Waals surface area contributed by atoms with Crippen molar-refractivity contribution in [3.8, 4) is 23.1 Å². The van der Waals surface area contributed by atoms with Crippen molar-refractivity contribution >= 4 is 47.6 Å². The molecule has 0 radical (unpaired) electrons. The van der Waals surface area contributed by atoms with Crippen molar-refractivity contribution in [2.75, 3.05) is 17.2 Å². The summed E-state index contributed by atoms with van der Waals surface area (Å²) in [6, 6.07) is 21.4. The van der Waals surface area contributed by atoms with Gasteiger partial charge in [-0.1, -0.05) is 12.1 Å². The minimum Gasteiger partial charge on any atom is -0.459 e. The first-order valence-electron chi connectivity index (χ1n) is 14.3. The maximum Gasteiger partial charge on any atom is 0.410 e. The molecular formula is C32H26N6O8S. The zero-order valence-corrected chi connectivity index (χ0v) is 25.3. The molecule has 6 rings (SSSR count). The van der Waals surface area contributed by atoms with E-state index >= 15 is 0 Å². The normalized spacial score (nSPS) is 15.6. The number of nitro benzene ring substituents is 1. The number of furan rings is 1. The van der Waals surface area contributed by atoms with Gasteiger partial charge in [0.15, 0.2) is 5.76 Å². The lowest BCUT2D eigenvalue weighted by molar-refractivity contribution is -0.384. The molecule has 0 saturated carbocycles. The molecule has 5 aromatic rings. The number of nitrogens with zero attached hydrogens (tertiary/aromatic N) is 4. The van der Waals surface area contributed by atoms with Crippen LogP contribution in [0.5, 0.6) is 0 Å². The highest BCUT2D eigenvalue weighted by atomic mass is 32.1. The van der Waals surface area contributed by atoms with Gasteiger partial charge in [0.05, 0.1) is 11.2 Å². The van der Waals surface area contributed by atoms with Crippen LogP contribution in [-0.2, 0) is 16.1 Å². The highest BCUT2D eigenvalue weighted by molar-refractivity contribution is 7.81. The van der Waals surface area contributed by atoms with Crippen LogP contribution in [0.25, 0.3) is 23.1 Å². The number of nitrogens with one attached hydrogen (secondary N) is 2. The smallest absolute Gasteiger partial charge is 0.410 e. The number of amides is 3. The summed E-state index contributed by atoms with van der Waals surface area (Å²) in [6.07, 6.45) is 1.08. The number of ether oxygens (including phenoxy) is 1. The molecule has 3 heterocycles. The molecule has 47 heavy (non-hydrogen) atoms. The van der Waals surface area contributed by atoms with Crippen molar-refractivity contribution in [1.82, 2.24) is 15.1 Å². The third-order valence-corrected chi connectivity index (χ3v) is 7.62. The van der Waals surface area contributed by atoms with E-state index < -0.39 is 28.9 Å². The molecule has 1 aliphatic heterocycles. The SMILES string of the molecule is O=C(Nc1cccc(-c2nnc(-c3ccco3)o2)c1)c1cccc(NC(=O)[C@@H]2C[C@H](S)CN2C(=O)OCc2ccc([N+](=O)[O-])cc2)c1. The molecule has 0 bridgehead atoms. The van der Waals surface area contributed by atoms with Crippen molar-refractivity contribution in [2.24, 2.45) is 0 Å². The molecule has 1 saturated heterocycles. The zero-order chi connectivity index (χ0) is 32.9. The Hall–Kier alpha value is -5.96. The standard InChI is InChI=1S/C32H26N6O8S/c39-28(33-23-7-2-5-21(15-23)30-35-36-31(46-30)27-8-3-13-44-27)20-4-1-6-22(14-20)34-29(40)26-16-25(47)17-37(26)32(41)45-18-19-9-11-24(12-10-19)38(42)43/h1-15,25-26,47H,16-18H2,(H,33,39)(H,34,40)/t25-,26-/m0/s1. The second-order valence-corrected chi connectivity index (χ2v) is 11.3. The maximum atomic E-state index is 13.3. The fraction of sp³-hybridized carbons (Fsp3) is 0.156. The monoisotopic (exact) mass is 654 g/mol. The first kappa shape index (κ1) is 31.0. The average Bonchev–Trinajstić information content (AvgIpc) is 3.86. The minimum absolute atomic E-state index is 0.0778. The predicted molar refractivity (Wildman–Crippen MR) is 172 cm³/mol. The van der Waals surface area contributed by atoms with Crippen molar-refractivity contribution < 1.29 is 32.9 Å². The Kier molecular flexibility index (Phi) is 8.97. The lowest BCUT2D eigenvalue weighted by atomic mass is 10.1. The number of hydrogen-bond acceptors (Lipinski definition) is 11. The summed E-state index contributed by atoms with van der Waals surface area (Å²) in [4.78, 5) is 51.0. The molecule has 15 heteroatoms. The first-order chi connectivity index (χ1) is 22.7. The van der Waals surface area contributed by atoms with E-state index in [2.05, 4.69) is 33.5 Å².